The van der Waals surface area contributed by atoms with E-state index in [1.807, 2.05) is 25.1 Å². The van der Waals surface area contributed by atoms with Crippen LogP contribution in [0.5, 0.6) is 5.75 Å². The van der Waals surface area contributed by atoms with Crippen LogP contribution in [-0.2, 0) is 6.42 Å². The molecule has 1 N–H and O–H groups in total. The molecule has 1 amide bonds. The summed E-state index contributed by atoms with van der Waals surface area (Å²) >= 11 is 0. The van der Waals surface area contributed by atoms with E-state index in [1.54, 1.807) is 0 Å². The van der Waals surface area contributed by atoms with Gasteiger partial charge in [0.2, 0.25) is 0 Å². The molecular formula is C13H17NO2. The Hall–Kier alpha value is -1.51. The fourth-order valence-electron chi connectivity index (χ4n) is 2.03. The SMILES string of the molecule is CCOc1ccc2c(c1)C(=O)NC(CC)C2. The number of carbonyl (C=O) groups is 1. The van der Waals surface area contributed by atoms with Crippen LogP contribution in [0.15, 0.2) is 18.2 Å². The molecule has 16 heavy (non-hydrogen) atoms. The molecule has 1 aromatic carbocycles. The number of ether oxygens (including phenoxy) is 1. The Morgan fingerprint density at radius 1 is 1.44 bits per heavy atom. The van der Waals surface area contributed by atoms with Gasteiger partial charge in [-0.05, 0) is 37.5 Å². The van der Waals surface area contributed by atoms with Crippen molar-refractivity contribution < 1.29 is 9.53 Å². The topological polar surface area (TPSA) is 38.3 Å². The average Bonchev–Trinajstić information content (AvgIpc) is 2.30. The summed E-state index contributed by atoms with van der Waals surface area (Å²) in [4.78, 5) is 11.8. The van der Waals surface area contributed by atoms with Crippen molar-refractivity contribution in [2.75, 3.05) is 6.61 Å². The molecule has 0 spiro atoms. The van der Waals surface area contributed by atoms with Crippen molar-refractivity contribution in [3.8, 4) is 5.75 Å². The molecule has 1 heterocycles. The van der Waals surface area contributed by atoms with Crippen LogP contribution in [0.2, 0.25) is 0 Å². The van der Waals surface area contributed by atoms with Gasteiger partial charge in [0, 0.05) is 11.6 Å². The van der Waals surface area contributed by atoms with Crippen LogP contribution in [0, 0.1) is 0 Å². The molecule has 0 aliphatic carbocycles. The van der Waals surface area contributed by atoms with Gasteiger partial charge in [-0.15, -0.1) is 0 Å². The summed E-state index contributed by atoms with van der Waals surface area (Å²) < 4.78 is 5.39. The molecule has 86 valence electrons. The Kier molecular flexibility index (Phi) is 3.13. The summed E-state index contributed by atoms with van der Waals surface area (Å²) in [5.41, 5.74) is 1.88. The molecule has 2 rings (SSSR count). The summed E-state index contributed by atoms with van der Waals surface area (Å²) in [6.45, 7) is 4.65. The molecule has 0 saturated carbocycles. The molecule has 1 aromatic rings. The van der Waals surface area contributed by atoms with Crippen LogP contribution in [0.4, 0.5) is 0 Å². The molecule has 3 nitrogen and oxygen atoms in total. The number of rotatable bonds is 3. The fraction of sp³-hybridized carbons (Fsp3) is 0.462. The van der Waals surface area contributed by atoms with Gasteiger partial charge in [-0.3, -0.25) is 4.79 Å². The van der Waals surface area contributed by atoms with Crippen molar-refractivity contribution in [1.82, 2.24) is 5.32 Å². The quantitative estimate of drug-likeness (QED) is 0.846. The Morgan fingerprint density at radius 2 is 2.25 bits per heavy atom. The maximum atomic E-state index is 11.8. The minimum absolute atomic E-state index is 0.0228. The van der Waals surface area contributed by atoms with E-state index in [0.29, 0.717) is 6.61 Å². The minimum Gasteiger partial charge on any atom is -0.494 e. The van der Waals surface area contributed by atoms with E-state index in [4.69, 9.17) is 4.74 Å². The van der Waals surface area contributed by atoms with Gasteiger partial charge in [0.15, 0.2) is 0 Å². The first kappa shape index (κ1) is 11.0. The van der Waals surface area contributed by atoms with Crippen LogP contribution in [0.3, 0.4) is 0 Å². The lowest BCUT2D eigenvalue weighted by Crippen LogP contribution is -2.40. The molecule has 0 bridgehead atoms. The van der Waals surface area contributed by atoms with E-state index in [0.717, 1.165) is 29.7 Å². The Labute approximate surface area is 95.8 Å². The van der Waals surface area contributed by atoms with Gasteiger partial charge < -0.3 is 10.1 Å². The molecule has 0 saturated heterocycles. The monoisotopic (exact) mass is 219 g/mol. The number of fused-ring (bicyclic) bond motifs is 1. The van der Waals surface area contributed by atoms with Crippen LogP contribution in [-0.4, -0.2) is 18.6 Å². The van der Waals surface area contributed by atoms with E-state index in [-0.39, 0.29) is 11.9 Å². The highest BCUT2D eigenvalue weighted by Crippen LogP contribution is 2.23. The zero-order valence-corrected chi connectivity index (χ0v) is 9.75. The second-order valence-electron chi connectivity index (χ2n) is 4.03. The second kappa shape index (κ2) is 4.56. The third-order valence-electron chi connectivity index (χ3n) is 2.93. The van der Waals surface area contributed by atoms with Crippen molar-refractivity contribution in [2.24, 2.45) is 0 Å². The Morgan fingerprint density at radius 3 is 2.94 bits per heavy atom. The summed E-state index contributed by atoms with van der Waals surface area (Å²) in [6, 6.07) is 6.05. The molecule has 3 heteroatoms. The van der Waals surface area contributed by atoms with Gasteiger partial charge in [-0.2, -0.15) is 0 Å². The molecule has 0 fully saturated rings. The number of hydrogen-bond acceptors (Lipinski definition) is 2. The van der Waals surface area contributed by atoms with E-state index in [9.17, 15) is 4.79 Å². The minimum atomic E-state index is 0.0228. The smallest absolute Gasteiger partial charge is 0.251 e. The van der Waals surface area contributed by atoms with E-state index < -0.39 is 0 Å². The zero-order valence-electron chi connectivity index (χ0n) is 9.75. The number of amides is 1. The van der Waals surface area contributed by atoms with Gasteiger partial charge in [0.1, 0.15) is 5.75 Å². The average molecular weight is 219 g/mol. The summed E-state index contributed by atoms with van der Waals surface area (Å²) in [7, 11) is 0. The number of benzene rings is 1. The Balaban J connectivity index is 2.30. The van der Waals surface area contributed by atoms with Crippen molar-refractivity contribution in [1.29, 1.82) is 0 Å². The summed E-state index contributed by atoms with van der Waals surface area (Å²) in [5.74, 6) is 0.793. The standard InChI is InChI=1S/C13H17NO2/c1-3-10-7-9-5-6-11(16-4-2)8-12(9)13(15)14-10/h5-6,8,10H,3-4,7H2,1-2H3,(H,14,15). The van der Waals surface area contributed by atoms with Crippen molar-refractivity contribution in [3.05, 3.63) is 29.3 Å². The maximum absolute atomic E-state index is 11.8. The molecular weight excluding hydrogens is 202 g/mol. The van der Waals surface area contributed by atoms with E-state index in [1.165, 1.54) is 0 Å². The first-order valence-corrected chi connectivity index (χ1v) is 5.81. The summed E-state index contributed by atoms with van der Waals surface area (Å²) in [6.07, 6.45) is 1.89. The predicted octanol–water partition coefficient (Wildman–Crippen LogP) is 2.15. The highest BCUT2D eigenvalue weighted by Gasteiger charge is 2.23. The molecule has 0 aromatic heterocycles. The largest absolute Gasteiger partial charge is 0.494 e. The van der Waals surface area contributed by atoms with Crippen LogP contribution in [0.1, 0.15) is 36.2 Å². The van der Waals surface area contributed by atoms with Crippen LogP contribution in [0.25, 0.3) is 0 Å². The van der Waals surface area contributed by atoms with Crippen LogP contribution < -0.4 is 10.1 Å². The van der Waals surface area contributed by atoms with Crippen LogP contribution >= 0.6 is 0 Å². The second-order valence-corrected chi connectivity index (χ2v) is 4.03. The van der Waals surface area contributed by atoms with E-state index >= 15 is 0 Å². The molecule has 1 unspecified atom stereocenters. The third-order valence-corrected chi connectivity index (χ3v) is 2.93. The van der Waals surface area contributed by atoms with E-state index in [2.05, 4.69) is 12.2 Å². The molecule has 0 radical (unpaired) electrons. The fourth-order valence-corrected chi connectivity index (χ4v) is 2.03. The lowest BCUT2D eigenvalue weighted by atomic mass is 9.94. The van der Waals surface area contributed by atoms with Crippen molar-refractivity contribution in [2.45, 2.75) is 32.7 Å². The van der Waals surface area contributed by atoms with Gasteiger partial charge in [0.05, 0.1) is 6.61 Å². The first-order chi connectivity index (χ1) is 7.74. The highest BCUT2D eigenvalue weighted by molar-refractivity contribution is 5.97. The normalized spacial score (nSPS) is 18.9. The molecule has 1 aliphatic rings. The number of carbonyl (C=O) groups excluding carboxylic acids is 1. The van der Waals surface area contributed by atoms with Crippen molar-refractivity contribution in [3.63, 3.8) is 0 Å². The number of nitrogens with one attached hydrogen (secondary N) is 1. The van der Waals surface area contributed by atoms with Gasteiger partial charge in [-0.1, -0.05) is 13.0 Å². The first-order valence-electron chi connectivity index (χ1n) is 5.81. The third kappa shape index (κ3) is 2.03. The summed E-state index contributed by atoms with van der Waals surface area (Å²) in [5, 5.41) is 3.00. The molecule has 1 atom stereocenters. The highest BCUT2D eigenvalue weighted by atomic mass is 16.5. The zero-order chi connectivity index (χ0) is 11.5. The van der Waals surface area contributed by atoms with Gasteiger partial charge >= 0.3 is 0 Å². The van der Waals surface area contributed by atoms with Gasteiger partial charge in [0.25, 0.3) is 5.91 Å². The molecule has 1 aliphatic heterocycles. The lowest BCUT2D eigenvalue weighted by molar-refractivity contribution is 0.0923. The Bertz CT molecular complexity index is 401. The lowest BCUT2D eigenvalue weighted by Gasteiger charge is -2.24. The maximum Gasteiger partial charge on any atom is 0.251 e. The number of hydrogen-bond donors (Lipinski definition) is 1. The van der Waals surface area contributed by atoms with Crippen molar-refractivity contribution >= 4 is 5.91 Å². The van der Waals surface area contributed by atoms with Gasteiger partial charge in [-0.25, -0.2) is 0 Å². The predicted molar refractivity (Wildman–Crippen MR) is 62.9 cm³/mol.